The second kappa shape index (κ2) is 10.5. The van der Waals surface area contributed by atoms with Gasteiger partial charge in [0, 0.05) is 56.4 Å². The number of benzene rings is 1. The van der Waals surface area contributed by atoms with E-state index in [0.717, 1.165) is 57.4 Å². The quantitative estimate of drug-likeness (QED) is 0.303. The number of H-pyrrole nitrogens is 1. The Morgan fingerprint density at radius 2 is 1.88 bits per heavy atom. The number of likely N-dealkylation sites (N-methyl/N-ethyl adjacent to an activating group) is 1. The van der Waals surface area contributed by atoms with Gasteiger partial charge in [0.1, 0.15) is 24.1 Å². The molecule has 2 unspecified atom stereocenters. The number of hydrogen-bond acceptors (Lipinski definition) is 9. The molecule has 3 saturated heterocycles. The topological polar surface area (TPSA) is 98.0 Å². The average Bonchev–Trinajstić information content (AvgIpc) is 3.70. The number of aryl methyl sites for hydroxylation is 1. The number of piperazine rings is 1. The second-order valence-corrected chi connectivity index (χ2v) is 11.0. The fourth-order valence-electron chi connectivity index (χ4n) is 5.63. The number of halogens is 2. The lowest BCUT2D eigenvalue weighted by Gasteiger charge is -2.38. The minimum absolute atomic E-state index is 0.0758. The van der Waals surface area contributed by atoms with E-state index in [4.69, 9.17) is 9.47 Å². The minimum atomic E-state index is -0.658. The smallest absolute Gasteiger partial charge is 0.229 e. The van der Waals surface area contributed by atoms with Crippen molar-refractivity contribution in [2.24, 2.45) is 0 Å². The number of rotatable bonds is 8. The molecule has 3 aliphatic heterocycles. The predicted molar refractivity (Wildman–Crippen MR) is 151 cm³/mol. The molecule has 10 nitrogen and oxygen atoms in total. The number of likely N-dealkylation sites (tertiary alicyclic amines) is 1. The Balaban J connectivity index is 1.24. The summed E-state index contributed by atoms with van der Waals surface area (Å²) in [6, 6.07) is 6.37. The molecule has 6 heterocycles. The van der Waals surface area contributed by atoms with Crippen LogP contribution in [0, 0.1) is 18.6 Å². The van der Waals surface area contributed by atoms with Gasteiger partial charge in [-0.1, -0.05) is 0 Å². The third kappa shape index (κ3) is 5.07. The number of nitrogens with zero attached hydrogens (tertiary/aromatic N) is 6. The molecule has 0 saturated carbocycles. The van der Waals surface area contributed by atoms with Gasteiger partial charge >= 0.3 is 0 Å². The summed E-state index contributed by atoms with van der Waals surface area (Å²) in [5, 5.41) is 3.46. The largest absolute Gasteiger partial charge is 0.435 e. The summed E-state index contributed by atoms with van der Waals surface area (Å²) >= 11 is 0. The molecule has 12 heteroatoms. The van der Waals surface area contributed by atoms with Crippen LogP contribution in [-0.2, 0) is 4.74 Å². The van der Waals surface area contributed by atoms with Crippen molar-refractivity contribution < 1.29 is 18.3 Å². The zero-order valence-electron chi connectivity index (χ0n) is 23.0. The lowest BCUT2D eigenvalue weighted by molar-refractivity contribution is 0.0939. The van der Waals surface area contributed by atoms with Crippen LogP contribution in [0.3, 0.4) is 0 Å². The Morgan fingerprint density at radius 3 is 2.56 bits per heavy atom. The van der Waals surface area contributed by atoms with Crippen molar-refractivity contribution in [3.8, 4) is 11.6 Å². The third-order valence-corrected chi connectivity index (χ3v) is 8.11. The van der Waals surface area contributed by atoms with Gasteiger partial charge in [-0.05, 0) is 38.6 Å². The molecule has 41 heavy (non-hydrogen) atoms. The van der Waals surface area contributed by atoms with Crippen molar-refractivity contribution in [3.05, 3.63) is 59.7 Å². The Kier molecular flexibility index (Phi) is 6.68. The van der Waals surface area contributed by atoms with E-state index in [1.165, 1.54) is 6.33 Å². The van der Waals surface area contributed by atoms with Gasteiger partial charge in [0.2, 0.25) is 5.88 Å². The number of pyridine rings is 1. The molecule has 3 aromatic heterocycles. The highest BCUT2D eigenvalue weighted by Gasteiger charge is 2.43. The molecular weight excluding hydrogens is 530 g/mol. The summed E-state index contributed by atoms with van der Waals surface area (Å²) in [4.78, 5) is 23.4. The average molecular weight is 563 g/mol. The van der Waals surface area contributed by atoms with Gasteiger partial charge in [-0.25, -0.2) is 23.7 Å². The Bertz CT molecular complexity index is 1560. The van der Waals surface area contributed by atoms with Crippen LogP contribution in [0.5, 0.6) is 11.6 Å². The molecule has 0 spiro atoms. The van der Waals surface area contributed by atoms with E-state index in [1.54, 1.807) is 13.0 Å². The highest BCUT2D eigenvalue weighted by molar-refractivity contribution is 5.83. The van der Waals surface area contributed by atoms with Crippen LogP contribution in [0.25, 0.3) is 10.9 Å². The van der Waals surface area contributed by atoms with Crippen LogP contribution < -0.4 is 15.0 Å². The fraction of sp³-hybridized carbons (Fsp3) is 0.414. The van der Waals surface area contributed by atoms with E-state index >= 15 is 4.39 Å². The SMILES string of the molecule is Cc1cc2c(F)c(Oc3ncnc(Nc4ccc(N5CCN(C)CC5)cn4)c3C(C3CO3)N3CCC3)cc(F)c2[nH]1. The van der Waals surface area contributed by atoms with E-state index < -0.39 is 11.6 Å². The van der Waals surface area contributed by atoms with E-state index in [2.05, 4.69) is 47.0 Å². The third-order valence-electron chi connectivity index (χ3n) is 8.11. The van der Waals surface area contributed by atoms with E-state index in [1.807, 2.05) is 18.3 Å². The number of aromatic amines is 1. The molecule has 214 valence electrons. The van der Waals surface area contributed by atoms with Gasteiger partial charge in [-0.15, -0.1) is 0 Å². The van der Waals surface area contributed by atoms with Gasteiger partial charge in [0.15, 0.2) is 17.4 Å². The van der Waals surface area contributed by atoms with E-state index in [-0.39, 0.29) is 34.7 Å². The number of ether oxygens (including phenoxy) is 2. The highest BCUT2D eigenvalue weighted by atomic mass is 19.1. The Labute approximate surface area is 236 Å². The minimum Gasteiger partial charge on any atom is -0.435 e. The van der Waals surface area contributed by atoms with Crippen molar-refractivity contribution in [3.63, 3.8) is 0 Å². The summed E-state index contributed by atoms with van der Waals surface area (Å²) in [6.07, 6.45) is 4.20. The van der Waals surface area contributed by atoms with Crippen molar-refractivity contribution >= 4 is 28.2 Å². The Hall–Kier alpha value is -3.87. The molecular formula is C29H32F2N8O2. The zero-order valence-corrected chi connectivity index (χ0v) is 23.0. The lowest BCUT2D eigenvalue weighted by atomic mass is 9.99. The van der Waals surface area contributed by atoms with Crippen LogP contribution in [0.1, 0.15) is 23.7 Å². The number of epoxide rings is 1. The van der Waals surface area contributed by atoms with Crippen LogP contribution >= 0.6 is 0 Å². The molecule has 3 aliphatic rings. The molecule has 3 fully saturated rings. The second-order valence-electron chi connectivity index (χ2n) is 11.0. The van der Waals surface area contributed by atoms with Gasteiger partial charge in [-0.2, -0.15) is 0 Å². The monoisotopic (exact) mass is 562 g/mol. The fourth-order valence-corrected chi connectivity index (χ4v) is 5.63. The standard InChI is InChI=1S/C29H32F2N8O2/c1-17-12-19-25(31)21(13-20(30)26(19)35-17)41-29-24(27(22-15-40-22)39-6-3-7-39)28(33-16-34-29)36-23-5-4-18(14-32-23)38-10-8-37(2)9-11-38/h4-5,12-14,16,22,27,35H,3,6-11,15H2,1-2H3,(H,32,33,34,36). The van der Waals surface area contributed by atoms with Gasteiger partial charge < -0.3 is 29.6 Å². The Morgan fingerprint density at radius 1 is 1.07 bits per heavy atom. The molecule has 0 amide bonds. The van der Waals surface area contributed by atoms with Crippen molar-refractivity contribution in [1.29, 1.82) is 0 Å². The number of hydrogen-bond donors (Lipinski definition) is 2. The first-order valence-electron chi connectivity index (χ1n) is 14.0. The summed E-state index contributed by atoms with van der Waals surface area (Å²) in [6.45, 7) is 8.02. The van der Waals surface area contributed by atoms with Gasteiger partial charge in [-0.3, -0.25) is 4.90 Å². The molecule has 4 aromatic rings. The number of anilines is 3. The summed E-state index contributed by atoms with van der Waals surface area (Å²) in [5.41, 5.74) is 2.45. The van der Waals surface area contributed by atoms with Crippen LogP contribution in [0.2, 0.25) is 0 Å². The summed E-state index contributed by atoms with van der Waals surface area (Å²) < 4.78 is 42.3. The van der Waals surface area contributed by atoms with E-state index in [9.17, 15) is 4.39 Å². The van der Waals surface area contributed by atoms with Crippen LogP contribution in [-0.4, -0.2) is 88.8 Å². The molecule has 2 atom stereocenters. The van der Waals surface area contributed by atoms with Crippen LogP contribution in [0.4, 0.5) is 26.1 Å². The van der Waals surface area contributed by atoms with Gasteiger partial charge in [0.05, 0.1) is 35.6 Å². The van der Waals surface area contributed by atoms with Gasteiger partial charge in [0.25, 0.3) is 0 Å². The summed E-state index contributed by atoms with van der Waals surface area (Å²) in [7, 11) is 2.13. The number of aromatic nitrogens is 4. The highest BCUT2D eigenvalue weighted by Crippen LogP contribution is 2.44. The van der Waals surface area contributed by atoms with Crippen LogP contribution in [0.15, 0.2) is 36.8 Å². The number of fused-ring (bicyclic) bond motifs is 1. The maximum atomic E-state index is 15.5. The molecule has 0 aliphatic carbocycles. The lowest BCUT2D eigenvalue weighted by Crippen LogP contribution is -2.44. The van der Waals surface area contributed by atoms with E-state index in [0.29, 0.717) is 29.5 Å². The molecule has 0 bridgehead atoms. The van der Waals surface area contributed by atoms with Crippen molar-refractivity contribution in [2.75, 3.05) is 63.1 Å². The first-order chi connectivity index (χ1) is 19.9. The molecule has 0 radical (unpaired) electrons. The molecule has 2 N–H and O–H groups in total. The maximum absolute atomic E-state index is 15.5. The van der Waals surface area contributed by atoms with Crippen molar-refractivity contribution in [1.82, 2.24) is 29.7 Å². The zero-order chi connectivity index (χ0) is 28.1. The first kappa shape index (κ1) is 26.1. The van der Waals surface area contributed by atoms with Crippen molar-refractivity contribution in [2.45, 2.75) is 25.5 Å². The first-order valence-corrected chi connectivity index (χ1v) is 14.0. The number of nitrogens with one attached hydrogen (secondary N) is 2. The predicted octanol–water partition coefficient (Wildman–Crippen LogP) is 4.37. The molecule has 7 rings (SSSR count). The maximum Gasteiger partial charge on any atom is 0.229 e. The molecule has 1 aromatic carbocycles. The summed E-state index contributed by atoms with van der Waals surface area (Å²) in [5.74, 6) is -0.263. The normalized spacial score (nSPS) is 20.2.